The Bertz CT molecular complexity index is 567. The first kappa shape index (κ1) is 17.7. The van der Waals surface area contributed by atoms with Crippen LogP contribution >= 0.6 is 12.2 Å². The van der Waals surface area contributed by atoms with Crippen molar-refractivity contribution in [1.29, 1.82) is 0 Å². The Hall–Kier alpha value is -1.69. The SMILES string of the molecule is C[C@@H]1[C@H](C)CCC[C@@H]1NC(=S)NNC(=O)Cc1ccccc1F. The van der Waals surface area contributed by atoms with Crippen LogP contribution in [0.4, 0.5) is 4.39 Å². The lowest BCUT2D eigenvalue weighted by Gasteiger charge is -2.35. The summed E-state index contributed by atoms with van der Waals surface area (Å²) in [4.78, 5) is 11.9. The molecule has 2 rings (SSSR count). The molecule has 0 radical (unpaired) electrons. The maximum atomic E-state index is 13.5. The maximum Gasteiger partial charge on any atom is 0.242 e. The van der Waals surface area contributed by atoms with Crippen molar-refractivity contribution < 1.29 is 9.18 Å². The van der Waals surface area contributed by atoms with E-state index < -0.39 is 0 Å². The number of nitrogens with one attached hydrogen (secondary N) is 3. The van der Waals surface area contributed by atoms with Gasteiger partial charge >= 0.3 is 0 Å². The van der Waals surface area contributed by atoms with Gasteiger partial charge in [-0.3, -0.25) is 15.6 Å². The molecule has 0 aliphatic heterocycles. The zero-order valence-electron chi connectivity index (χ0n) is 13.6. The van der Waals surface area contributed by atoms with E-state index in [-0.39, 0.29) is 18.1 Å². The Morgan fingerprint density at radius 3 is 2.74 bits per heavy atom. The molecular formula is C17H24FN3OS. The van der Waals surface area contributed by atoms with Gasteiger partial charge in [0.05, 0.1) is 6.42 Å². The molecule has 126 valence electrons. The summed E-state index contributed by atoms with van der Waals surface area (Å²) in [6.07, 6.45) is 3.49. The lowest BCUT2D eigenvalue weighted by molar-refractivity contribution is -0.121. The number of halogens is 1. The van der Waals surface area contributed by atoms with Crippen LogP contribution in [-0.4, -0.2) is 17.1 Å². The van der Waals surface area contributed by atoms with Gasteiger partial charge in [0, 0.05) is 6.04 Å². The molecule has 1 aromatic rings. The molecule has 6 heteroatoms. The molecule has 1 fully saturated rings. The summed E-state index contributed by atoms with van der Waals surface area (Å²) < 4.78 is 13.5. The third-order valence-electron chi connectivity index (χ3n) is 4.65. The monoisotopic (exact) mass is 337 g/mol. The van der Waals surface area contributed by atoms with E-state index in [4.69, 9.17) is 12.2 Å². The zero-order chi connectivity index (χ0) is 16.8. The number of carbonyl (C=O) groups is 1. The summed E-state index contributed by atoms with van der Waals surface area (Å²) in [5.41, 5.74) is 5.58. The number of benzene rings is 1. The third kappa shape index (κ3) is 5.16. The third-order valence-corrected chi connectivity index (χ3v) is 4.87. The van der Waals surface area contributed by atoms with Crippen molar-refractivity contribution in [2.24, 2.45) is 11.8 Å². The number of carbonyl (C=O) groups excluding carboxylic acids is 1. The molecule has 0 aromatic heterocycles. The van der Waals surface area contributed by atoms with Crippen LogP contribution in [0.15, 0.2) is 24.3 Å². The fourth-order valence-electron chi connectivity index (χ4n) is 2.98. The van der Waals surface area contributed by atoms with E-state index in [1.807, 2.05) is 0 Å². The molecule has 0 unspecified atom stereocenters. The van der Waals surface area contributed by atoms with Crippen LogP contribution < -0.4 is 16.2 Å². The van der Waals surface area contributed by atoms with Crippen molar-refractivity contribution in [3.05, 3.63) is 35.6 Å². The van der Waals surface area contributed by atoms with E-state index in [1.54, 1.807) is 18.2 Å². The summed E-state index contributed by atoms with van der Waals surface area (Å²) in [6.45, 7) is 4.48. The van der Waals surface area contributed by atoms with Crippen LogP contribution in [0.2, 0.25) is 0 Å². The molecule has 1 aliphatic rings. The van der Waals surface area contributed by atoms with E-state index in [0.29, 0.717) is 28.6 Å². The van der Waals surface area contributed by atoms with Crippen LogP contribution in [0, 0.1) is 17.7 Å². The molecule has 0 spiro atoms. The molecule has 0 saturated heterocycles. The summed E-state index contributed by atoms with van der Waals surface area (Å²) in [5.74, 6) is 0.495. The summed E-state index contributed by atoms with van der Waals surface area (Å²) >= 11 is 5.22. The van der Waals surface area contributed by atoms with Crippen molar-refractivity contribution in [2.45, 2.75) is 45.6 Å². The fourth-order valence-corrected chi connectivity index (χ4v) is 3.18. The second-order valence-corrected chi connectivity index (χ2v) is 6.70. The first-order chi connectivity index (χ1) is 11.0. The predicted octanol–water partition coefficient (Wildman–Crippen LogP) is 2.69. The Labute approximate surface area is 142 Å². The van der Waals surface area contributed by atoms with Gasteiger partial charge in [0.25, 0.3) is 0 Å². The van der Waals surface area contributed by atoms with Gasteiger partial charge in [0.15, 0.2) is 5.11 Å². The second kappa shape index (κ2) is 8.24. The van der Waals surface area contributed by atoms with Gasteiger partial charge < -0.3 is 5.32 Å². The molecule has 1 saturated carbocycles. The van der Waals surface area contributed by atoms with Crippen LogP contribution in [0.25, 0.3) is 0 Å². The van der Waals surface area contributed by atoms with E-state index in [2.05, 4.69) is 30.0 Å². The molecule has 0 bridgehead atoms. The van der Waals surface area contributed by atoms with Gasteiger partial charge in [0.1, 0.15) is 5.82 Å². The fraction of sp³-hybridized carbons (Fsp3) is 0.529. The minimum absolute atomic E-state index is 0.0286. The van der Waals surface area contributed by atoms with Gasteiger partial charge in [0.2, 0.25) is 5.91 Å². The van der Waals surface area contributed by atoms with E-state index >= 15 is 0 Å². The Kier molecular flexibility index (Phi) is 6.33. The van der Waals surface area contributed by atoms with E-state index in [1.165, 1.54) is 18.9 Å². The number of thiocarbonyl (C=S) groups is 1. The smallest absolute Gasteiger partial charge is 0.242 e. The highest BCUT2D eigenvalue weighted by Gasteiger charge is 2.27. The predicted molar refractivity (Wildman–Crippen MR) is 93.1 cm³/mol. The Morgan fingerprint density at radius 1 is 1.26 bits per heavy atom. The van der Waals surface area contributed by atoms with Crippen LogP contribution in [0.1, 0.15) is 38.7 Å². The average Bonchev–Trinajstić information content (AvgIpc) is 2.52. The molecule has 4 nitrogen and oxygen atoms in total. The molecule has 1 aliphatic carbocycles. The van der Waals surface area contributed by atoms with E-state index in [0.717, 1.165) is 6.42 Å². The van der Waals surface area contributed by atoms with Gasteiger partial charge in [-0.15, -0.1) is 0 Å². The van der Waals surface area contributed by atoms with Crippen LogP contribution in [-0.2, 0) is 11.2 Å². The minimum Gasteiger partial charge on any atom is -0.358 e. The van der Waals surface area contributed by atoms with Crippen molar-refractivity contribution in [3.63, 3.8) is 0 Å². The molecule has 1 amide bonds. The van der Waals surface area contributed by atoms with Gasteiger partial charge in [-0.25, -0.2) is 4.39 Å². The minimum atomic E-state index is -0.381. The second-order valence-electron chi connectivity index (χ2n) is 6.29. The lowest BCUT2D eigenvalue weighted by atomic mass is 9.78. The lowest BCUT2D eigenvalue weighted by Crippen LogP contribution is -2.52. The first-order valence-electron chi connectivity index (χ1n) is 8.06. The van der Waals surface area contributed by atoms with Crippen molar-refractivity contribution in [3.8, 4) is 0 Å². The molecule has 1 aromatic carbocycles. The summed E-state index contributed by atoms with van der Waals surface area (Å²) in [6, 6.07) is 6.56. The first-order valence-corrected chi connectivity index (χ1v) is 8.47. The summed E-state index contributed by atoms with van der Waals surface area (Å²) in [7, 11) is 0. The molecule has 23 heavy (non-hydrogen) atoms. The highest BCUT2D eigenvalue weighted by molar-refractivity contribution is 7.80. The van der Waals surface area contributed by atoms with Gasteiger partial charge in [-0.1, -0.05) is 44.9 Å². The molecular weight excluding hydrogens is 313 g/mol. The van der Waals surface area contributed by atoms with Crippen molar-refractivity contribution >= 4 is 23.2 Å². The number of hydrogen-bond acceptors (Lipinski definition) is 2. The number of hydrazine groups is 1. The number of hydrogen-bond donors (Lipinski definition) is 3. The van der Waals surface area contributed by atoms with Gasteiger partial charge in [-0.2, -0.15) is 0 Å². The van der Waals surface area contributed by atoms with Crippen LogP contribution in [0.5, 0.6) is 0 Å². The number of rotatable bonds is 3. The van der Waals surface area contributed by atoms with Crippen molar-refractivity contribution in [1.82, 2.24) is 16.2 Å². The highest BCUT2D eigenvalue weighted by Crippen LogP contribution is 2.29. The topological polar surface area (TPSA) is 53.2 Å². The largest absolute Gasteiger partial charge is 0.358 e. The van der Waals surface area contributed by atoms with Gasteiger partial charge in [-0.05, 0) is 42.1 Å². The standard InChI is InChI=1S/C17H24FN3OS/c1-11-6-5-9-15(12(11)2)19-17(23)21-20-16(22)10-13-7-3-4-8-14(13)18/h3-4,7-8,11-12,15H,5-6,9-10H2,1-2H3,(H,20,22)(H2,19,21,23)/t11-,12-,15+/m1/s1. The normalized spacial score (nSPS) is 23.9. The van der Waals surface area contributed by atoms with Crippen molar-refractivity contribution in [2.75, 3.05) is 0 Å². The zero-order valence-corrected chi connectivity index (χ0v) is 14.4. The highest BCUT2D eigenvalue weighted by atomic mass is 32.1. The maximum absolute atomic E-state index is 13.5. The number of amides is 1. The Balaban J connectivity index is 1.76. The van der Waals surface area contributed by atoms with E-state index in [9.17, 15) is 9.18 Å². The summed E-state index contributed by atoms with van der Waals surface area (Å²) in [5, 5.41) is 3.66. The molecule has 3 N–H and O–H groups in total. The molecule has 3 atom stereocenters. The average molecular weight is 337 g/mol. The molecule has 0 heterocycles. The Morgan fingerprint density at radius 2 is 2.00 bits per heavy atom. The van der Waals surface area contributed by atoms with Crippen LogP contribution in [0.3, 0.4) is 0 Å². The quantitative estimate of drug-likeness (QED) is 0.586.